The van der Waals surface area contributed by atoms with Gasteiger partial charge >= 0.3 is 0 Å². The Kier molecular flexibility index (Phi) is 4.30. The summed E-state index contributed by atoms with van der Waals surface area (Å²) in [5.74, 6) is 0.572. The fourth-order valence-corrected chi connectivity index (χ4v) is 1.60. The Bertz CT molecular complexity index is 676. The van der Waals surface area contributed by atoms with Crippen LogP contribution in [0.3, 0.4) is 0 Å². The van der Waals surface area contributed by atoms with E-state index in [1.807, 2.05) is 0 Å². The van der Waals surface area contributed by atoms with Gasteiger partial charge in [0.25, 0.3) is 5.69 Å². The van der Waals surface area contributed by atoms with Crippen LogP contribution in [0.4, 0.5) is 5.69 Å². The predicted octanol–water partition coefficient (Wildman–Crippen LogP) is 2.89. The van der Waals surface area contributed by atoms with Crippen LogP contribution in [0, 0.1) is 10.1 Å². The zero-order chi connectivity index (χ0) is 15.2. The Morgan fingerprint density at radius 2 is 1.57 bits per heavy atom. The smallest absolute Gasteiger partial charge is 0.269 e. The lowest BCUT2D eigenvalue weighted by atomic mass is 10.2. The molecule has 2 aromatic carbocycles. The Hall–Kier alpha value is -3.15. The van der Waals surface area contributed by atoms with Gasteiger partial charge in [-0.2, -0.15) is 0 Å². The average molecular weight is 284 g/mol. The number of hydrogen-bond donors (Lipinski definition) is 1. The number of non-ortho nitro benzene ring substituents is 1. The molecule has 0 atom stereocenters. The normalized spacial score (nSPS) is 10.5. The van der Waals surface area contributed by atoms with Crippen molar-refractivity contribution < 1.29 is 14.5 Å². The van der Waals surface area contributed by atoms with E-state index in [1.54, 1.807) is 30.3 Å². The number of hydrogen-bond acceptors (Lipinski definition) is 4. The van der Waals surface area contributed by atoms with Crippen LogP contribution in [-0.4, -0.2) is 10.8 Å². The number of carbonyl (C=O) groups is 1. The predicted molar refractivity (Wildman–Crippen MR) is 77.8 cm³/mol. The second kappa shape index (κ2) is 6.33. The second-order valence-electron chi connectivity index (χ2n) is 4.16. The van der Waals surface area contributed by atoms with Gasteiger partial charge in [-0.1, -0.05) is 12.1 Å². The molecule has 0 aliphatic heterocycles. The molecule has 0 aliphatic carbocycles. The summed E-state index contributed by atoms with van der Waals surface area (Å²) in [6, 6.07) is 12.8. The van der Waals surface area contributed by atoms with Crippen molar-refractivity contribution in [3.05, 3.63) is 70.3 Å². The van der Waals surface area contributed by atoms with Crippen LogP contribution >= 0.6 is 0 Å². The topological polar surface area (TPSA) is 95.5 Å². The molecule has 1 amide bonds. The summed E-state index contributed by atoms with van der Waals surface area (Å²) in [5, 5.41) is 10.5. The molecule has 2 N–H and O–H groups in total. The largest absolute Gasteiger partial charge is 0.457 e. The van der Waals surface area contributed by atoms with Gasteiger partial charge in [-0.3, -0.25) is 14.9 Å². The van der Waals surface area contributed by atoms with Crippen molar-refractivity contribution in [2.75, 3.05) is 0 Å². The van der Waals surface area contributed by atoms with E-state index in [0.717, 1.165) is 5.56 Å². The van der Waals surface area contributed by atoms with Crippen molar-refractivity contribution in [3.8, 4) is 11.5 Å². The number of ether oxygens (including phenoxy) is 1. The van der Waals surface area contributed by atoms with Crippen LogP contribution in [0.15, 0.2) is 54.6 Å². The van der Waals surface area contributed by atoms with E-state index in [0.29, 0.717) is 11.5 Å². The highest BCUT2D eigenvalue weighted by molar-refractivity contribution is 5.90. The first-order chi connectivity index (χ1) is 10.0. The fraction of sp³-hybridized carbons (Fsp3) is 0. The van der Waals surface area contributed by atoms with E-state index < -0.39 is 10.8 Å². The van der Waals surface area contributed by atoms with Crippen LogP contribution in [0.25, 0.3) is 6.08 Å². The molecule has 106 valence electrons. The standard InChI is InChI=1S/C15H12N2O4/c16-15(18)10-3-11-1-6-13(7-2-11)21-14-8-4-12(5-9-14)17(19)20/h1-10H,(H2,16,18)/b10-3-. The van der Waals surface area contributed by atoms with Crippen molar-refractivity contribution in [1.82, 2.24) is 0 Å². The third-order valence-corrected chi connectivity index (χ3v) is 2.60. The highest BCUT2D eigenvalue weighted by atomic mass is 16.6. The first-order valence-corrected chi connectivity index (χ1v) is 6.04. The molecule has 2 aromatic rings. The minimum absolute atomic E-state index is 0.00860. The number of benzene rings is 2. The molecule has 2 rings (SSSR count). The third-order valence-electron chi connectivity index (χ3n) is 2.60. The molecule has 6 heteroatoms. The number of rotatable bonds is 5. The molecule has 21 heavy (non-hydrogen) atoms. The van der Waals surface area contributed by atoms with Gasteiger partial charge in [0.2, 0.25) is 5.91 Å². The zero-order valence-corrected chi connectivity index (χ0v) is 10.9. The molecule has 0 aromatic heterocycles. The number of nitrogens with zero attached hydrogens (tertiary/aromatic N) is 1. The molecule has 0 spiro atoms. The van der Waals surface area contributed by atoms with E-state index in [2.05, 4.69) is 0 Å². The highest BCUT2D eigenvalue weighted by Crippen LogP contribution is 2.24. The summed E-state index contributed by atoms with van der Waals surface area (Å²) in [4.78, 5) is 20.7. The molecule has 0 radical (unpaired) electrons. The maximum Gasteiger partial charge on any atom is 0.269 e. The van der Waals surface area contributed by atoms with Gasteiger partial charge in [0.05, 0.1) is 4.92 Å². The number of nitro benzene ring substituents is 1. The summed E-state index contributed by atoms with van der Waals surface area (Å²) >= 11 is 0. The lowest BCUT2D eigenvalue weighted by Crippen LogP contribution is -2.04. The Labute approximate surface area is 120 Å². The highest BCUT2D eigenvalue weighted by Gasteiger charge is 2.04. The molecular weight excluding hydrogens is 272 g/mol. The maximum atomic E-state index is 10.6. The first-order valence-electron chi connectivity index (χ1n) is 6.04. The molecule has 0 heterocycles. The van der Waals surface area contributed by atoms with Crippen LogP contribution in [0.1, 0.15) is 5.56 Å². The zero-order valence-electron chi connectivity index (χ0n) is 10.9. The number of carbonyl (C=O) groups excluding carboxylic acids is 1. The van der Waals surface area contributed by atoms with E-state index in [-0.39, 0.29) is 5.69 Å². The molecule has 0 saturated carbocycles. The average Bonchev–Trinajstić information content (AvgIpc) is 2.47. The van der Waals surface area contributed by atoms with E-state index in [1.165, 1.54) is 30.3 Å². The molecule has 6 nitrogen and oxygen atoms in total. The monoisotopic (exact) mass is 284 g/mol. The number of primary amides is 1. The first kappa shape index (κ1) is 14.3. The van der Waals surface area contributed by atoms with Crippen molar-refractivity contribution in [1.29, 1.82) is 0 Å². The van der Waals surface area contributed by atoms with Crippen LogP contribution < -0.4 is 10.5 Å². The van der Waals surface area contributed by atoms with Gasteiger partial charge in [0, 0.05) is 18.2 Å². The quantitative estimate of drug-likeness (QED) is 0.518. The third kappa shape index (κ3) is 4.17. The summed E-state index contributed by atoms with van der Waals surface area (Å²) in [6.45, 7) is 0. The lowest BCUT2D eigenvalue weighted by Gasteiger charge is -2.05. The lowest BCUT2D eigenvalue weighted by molar-refractivity contribution is -0.384. The number of nitro groups is 1. The van der Waals surface area contributed by atoms with Crippen molar-refractivity contribution in [2.45, 2.75) is 0 Å². The van der Waals surface area contributed by atoms with Crippen molar-refractivity contribution >= 4 is 17.7 Å². The Balaban J connectivity index is 2.06. The van der Waals surface area contributed by atoms with E-state index in [9.17, 15) is 14.9 Å². The summed E-state index contributed by atoms with van der Waals surface area (Å²) in [6.07, 6.45) is 2.87. The Morgan fingerprint density at radius 3 is 2.05 bits per heavy atom. The van der Waals surface area contributed by atoms with Gasteiger partial charge in [0.1, 0.15) is 11.5 Å². The van der Waals surface area contributed by atoms with Crippen LogP contribution in [0.2, 0.25) is 0 Å². The fourth-order valence-electron chi connectivity index (χ4n) is 1.60. The molecular formula is C15H12N2O4. The van der Waals surface area contributed by atoms with E-state index in [4.69, 9.17) is 10.5 Å². The molecule has 0 bridgehead atoms. The maximum absolute atomic E-state index is 10.6. The van der Waals surface area contributed by atoms with Crippen molar-refractivity contribution in [3.63, 3.8) is 0 Å². The van der Waals surface area contributed by atoms with Gasteiger partial charge in [-0.25, -0.2) is 0 Å². The summed E-state index contributed by atoms with van der Waals surface area (Å²) in [5.41, 5.74) is 5.83. The second-order valence-corrected chi connectivity index (χ2v) is 4.16. The van der Waals surface area contributed by atoms with Crippen LogP contribution in [-0.2, 0) is 4.79 Å². The summed E-state index contributed by atoms with van der Waals surface area (Å²) < 4.78 is 5.56. The molecule has 0 fully saturated rings. The molecule has 0 aliphatic rings. The van der Waals surface area contributed by atoms with Gasteiger partial charge < -0.3 is 10.5 Å². The van der Waals surface area contributed by atoms with Crippen LogP contribution in [0.5, 0.6) is 11.5 Å². The summed E-state index contributed by atoms with van der Waals surface area (Å²) in [7, 11) is 0. The minimum Gasteiger partial charge on any atom is -0.457 e. The number of amides is 1. The Morgan fingerprint density at radius 1 is 1.05 bits per heavy atom. The van der Waals surface area contributed by atoms with Gasteiger partial charge in [-0.15, -0.1) is 0 Å². The SMILES string of the molecule is NC(=O)/C=C\c1ccc(Oc2ccc([N+](=O)[O-])cc2)cc1. The van der Waals surface area contributed by atoms with Crippen molar-refractivity contribution in [2.24, 2.45) is 5.73 Å². The van der Waals surface area contributed by atoms with E-state index >= 15 is 0 Å². The van der Waals surface area contributed by atoms with Gasteiger partial charge in [0.15, 0.2) is 0 Å². The number of nitrogens with two attached hydrogens (primary N) is 1. The molecule has 0 saturated heterocycles. The van der Waals surface area contributed by atoms with Gasteiger partial charge in [-0.05, 0) is 35.9 Å². The minimum atomic E-state index is -0.513. The molecule has 0 unspecified atom stereocenters.